The van der Waals surface area contributed by atoms with E-state index in [0.717, 1.165) is 11.1 Å². The molecular weight excluding hydrogens is 282 g/mol. The van der Waals surface area contributed by atoms with Gasteiger partial charge >= 0.3 is 6.09 Å². The molecule has 122 valence electrons. The van der Waals surface area contributed by atoms with E-state index in [1.54, 1.807) is 13.1 Å². The van der Waals surface area contributed by atoms with Crippen LogP contribution in [0.1, 0.15) is 31.9 Å². The monoisotopic (exact) mass is 308 g/mol. The molecule has 0 heterocycles. The maximum absolute atomic E-state index is 12.2. The molecule has 0 fully saturated rings. The van der Waals surface area contributed by atoms with E-state index in [1.807, 2.05) is 45.0 Å². The third-order valence-corrected chi connectivity index (χ3v) is 3.04. The summed E-state index contributed by atoms with van der Waals surface area (Å²) in [7, 11) is 0. The predicted molar refractivity (Wildman–Crippen MR) is 85.5 cm³/mol. The first kappa shape index (κ1) is 18.3. The second-order valence-electron chi connectivity index (χ2n) is 4.68. The molecule has 1 rings (SSSR count). The number of hydrogen-bond acceptors (Lipinski definition) is 4. The Morgan fingerprint density at radius 3 is 2.32 bits per heavy atom. The molecule has 0 aliphatic rings. The van der Waals surface area contributed by atoms with Crippen molar-refractivity contribution >= 4 is 12.3 Å². The molecule has 1 aromatic rings. The van der Waals surface area contributed by atoms with E-state index >= 15 is 0 Å². The predicted octanol–water partition coefficient (Wildman–Crippen LogP) is 2.98. The van der Waals surface area contributed by atoms with Gasteiger partial charge in [-0.25, -0.2) is 0 Å². The lowest BCUT2D eigenvalue weighted by Crippen LogP contribution is -2.34. The molecule has 5 nitrogen and oxygen atoms in total. The van der Waals surface area contributed by atoms with E-state index < -0.39 is 12.4 Å². The first-order valence-corrected chi connectivity index (χ1v) is 7.69. The van der Waals surface area contributed by atoms with Gasteiger partial charge in [0.25, 0.3) is 0 Å². The van der Waals surface area contributed by atoms with E-state index in [0.29, 0.717) is 19.8 Å². The standard InChI is InChI=1S/C17H26NO4/c1-5-20-16(21-6-2)13-18(17(19)22-7-3)12-15-11-9-8-10-14(15)4/h8-12,16H,5-7,13H2,1-4H3/q+1/b18-12-. The molecule has 0 bridgehead atoms. The van der Waals surface area contributed by atoms with Gasteiger partial charge in [-0.3, -0.25) is 0 Å². The minimum atomic E-state index is -0.473. The number of aryl methyl sites for hydroxylation is 1. The smallest absolute Gasteiger partial charge is 0.412 e. The number of carbonyl (C=O) groups excluding carboxylic acids is 1. The van der Waals surface area contributed by atoms with Gasteiger partial charge in [-0.05, 0) is 39.3 Å². The zero-order chi connectivity index (χ0) is 16.4. The topological polar surface area (TPSA) is 47.8 Å². The molecule has 1 amide bonds. The highest BCUT2D eigenvalue weighted by molar-refractivity contribution is 5.81. The lowest BCUT2D eigenvalue weighted by molar-refractivity contribution is -0.469. The molecule has 0 saturated carbocycles. The van der Waals surface area contributed by atoms with E-state index in [4.69, 9.17) is 14.2 Å². The molecule has 0 N–H and O–H groups in total. The van der Waals surface area contributed by atoms with Gasteiger partial charge in [-0.1, -0.05) is 18.2 Å². The molecule has 0 unspecified atom stereocenters. The average molecular weight is 308 g/mol. The fraction of sp³-hybridized carbons (Fsp3) is 0.529. The number of ether oxygens (including phenoxy) is 3. The van der Waals surface area contributed by atoms with Crippen molar-refractivity contribution < 1.29 is 23.6 Å². The second kappa shape index (κ2) is 10.1. The fourth-order valence-electron chi connectivity index (χ4n) is 1.97. The summed E-state index contributed by atoms with van der Waals surface area (Å²) in [5, 5.41) is 0. The summed E-state index contributed by atoms with van der Waals surface area (Å²) in [4.78, 5) is 12.2. The second-order valence-corrected chi connectivity index (χ2v) is 4.68. The average Bonchev–Trinajstić information content (AvgIpc) is 2.49. The first-order chi connectivity index (χ1) is 10.6. The SMILES string of the molecule is CCOC(=O)/[N+](=C\c1ccccc1C)CC(OCC)OCC. The van der Waals surface area contributed by atoms with Crippen LogP contribution in [0.5, 0.6) is 0 Å². The maximum atomic E-state index is 12.2. The highest BCUT2D eigenvalue weighted by Crippen LogP contribution is 2.05. The lowest BCUT2D eigenvalue weighted by Gasteiger charge is -2.14. The van der Waals surface area contributed by atoms with Crippen LogP contribution in [0.25, 0.3) is 0 Å². The Morgan fingerprint density at radius 1 is 1.14 bits per heavy atom. The molecule has 0 spiro atoms. The molecule has 0 radical (unpaired) electrons. The van der Waals surface area contributed by atoms with Gasteiger partial charge in [-0.2, -0.15) is 4.79 Å². The number of rotatable bonds is 8. The van der Waals surface area contributed by atoms with Gasteiger partial charge in [0.05, 0.1) is 6.61 Å². The summed E-state index contributed by atoms with van der Waals surface area (Å²) >= 11 is 0. The molecule has 0 aliphatic heterocycles. The summed E-state index contributed by atoms with van der Waals surface area (Å²) in [5.41, 5.74) is 2.04. The van der Waals surface area contributed by atoms with Crippen LogP contribution in [0, 0.1) is 6.92 Å². The summed E-state index contributed by atoms with van der Waals surface area (Å²) in [6, 6.07) is 7.85. The van der Waals surface area contributed by atoms with Gasteiger partial charge in [0.15, 0.2) is 6.21 Å². The lowest BCUT2D eigenvalue weighted by atomic mass is 10.1. The molecule has 0 aliphatic carbocycles. The molecule has 1 aromatic carbocycles. The summed E-state index contributed by atoms with van der Waals surface area (Å²) in [6.07, 6.45) is 0.896. The number of amides is 1. The minimum absolute atomic E-state index is 0.287. The van der Waals surface area contributed by atoms with E-state index in [1.165, 1.54) is 4.58 Å². The maximum Gasteiger partial charge on any atom is 0.596 e. The third kappa shape index (κ3) is 5.95. The van der Waals surface area contributed by atoms with Crippen LogP contribution in [-0.4, -0.2) is 49.5 Å². The minimum Gasteiger partial charge on any atom is -0.412 e. The normalized spacial score (nSPS) is 11.8. The van der Waals surface area contributed by atoms with Crippen molar-refractivity contribution in [2.24, 2.45) is 0 Å². The van der Waals surface area contributed by atoms with E-state index in [9.17, 15) is 4.79 Å². The van der Waals surface area contributed by atoms with Crippen molar-refractivity contribution in [1.82, 2.24) is 0 Å². The van der Waals surface area contributed by atoms with Crippen molar-refractivity contribution in [3.63, 3.8) is 0 Å². The van der Waals surface area contributed by atoms with Gasteiger partial charge in [0.1, 0.15) is 0 Å². The van der Waals surface area contributed by atoms with Crippen LogP contribution >= 0.6 is 0 Å². The number of nitrogens with zero attached hydrogens (tertiary/aromatic N) is 1. The Bertz CT molecular complexity index is 493. The molecule has 5 heteroatoms. The molecular formula is C17H26NO4+. The number of benzene rings is 1. The summed E-state index contributed by atoms with van der Waals surface area (Å²) < 4.78 is 17.7. The summed E-state index contributed by atoms with van der Waals surface area (Å²) in [6.45, 7) is 9.22. The van der Waals surface area contributed by atoms with Crippen LogP contribution in [0.4, 0.5) is 4.79 Å². The Morgan fingerprint density at radius 2 is 1.77 bits per heavy atom. The van der Waals surface area contributed by atoms with Crippen molar-refractivity contribution in [2.45, 2.75) is 34.0 Å². The quantitative estimate of drug-likeness (QED) is 0.421. The fourth-order valence-corrected chi connectivity index (χ4v) is 1.97. The van der Waals surface area contributed by atoms with Crippen molar-refractivity contribution in [1.29, 1.82) is 0 Å². The first-order valence-electron chi connectivity index (χ1n) is 7.69. The van der Waals surface area contributed by atoms with Gasteiger partial charge in [0, 0.05) is 18.8 Å². The largest absolute Gasteiger partial charge is 0.596 e. The molecule has 0 aromatic heterocycles. The zero-order valence-corrected chi connectivity index (χ0v) is 13.9. The molecule has 0 atom stereocenters. The van der Waals surface area contributed by atoms with E-state index in [2.05, 4.69) is 0 Å². The van der Waals surface area contributed by atoms with Crippen LogP contribution in [0.2, 0.25) is 0 Å². The van der Waals surface area contributed by atoms with Crippen LogP contribution in [-0.2, 0) is 14.2 Å². The Kier molecular flexibility index (Phi) is 8.40. The van der Waals surface area contributed by atoms with Crippen molar-refractivity contribution in [2.75, 3.05) is 26.4 Å². The Labute approximate surface area is 132 Å². The summed E-state index contributed by atoms with van der Waals surface area (Å²) in [5.74, 6) is 0. The molecule has 22 heavy (non-hydrogen) atoms. The van der Waals surface area contributed by atoms with Gasteiger partial charge in [0.2, 0.25) is 12.8 Å². The highest BCUT2D eigenvalue weighted by atomic mass is 16.7. The number of carbonyl (C=O) groups is 1. The number of hydrogen-bond donors (Lipinski definition) is 0. The van der Waals surface area contributed by atoms with Crippen LogP contribution in [0.15, 0.2) is 24.3 Å². The van der Waals surface area contributed by atoms with Crippen molar-refractivity contribution in [3.05, 3.63) is 35.4 Å². The van der Waals surface area contributed by atoms with E-state index in [-0.39, 0.29) is 6.54 Å². The highest BCUT2D eigenvalue weighted by Gasteiger charge is 2.25. The van der Waals surface area contributed by atoms with Crippen LogP contribution in [0.3, 0.4) is 0 Å². The van der Waals surface area contributed by atoms with Gasteiger partial charge in [-0.15, -0.1) is 4.58 Å². The Balaban J connectivity index is 3.02. The van der Waals surface area contributed by atoms with Crippen molar-refractivity contribution in [3.8, 4) is 0 Å². The molecule has 0 saturated heterocycles. The zero-order valence-electron chi connectivity index (χ0n) is 13.9. The third-order valence-electron chi connectivity index (χ3n) is 3.04. The Hall–Kier alpha value is -1.72. The van der Waals surface area contributed by atoms with Gasteiger partial charge < -0.3 is 14.2 Å². The van der Waals surface area contributed by atoms with Crippen LogP contribution < -0.4 is 0 Å².